The monoisotopic (exact) mass is 446 g/mol. The summed E-state index contributed by atoms with van der Waals surface area (Å²) in [5, 5.41) is 7.68. The lowest BCUT2D eigenvalue weighted by Crippen LogP contribution is -2.32. The van der Waals surface area contributed by atoms with E-state index in [-0.39, 0.29) is 5.41 Å². The van der Waals surface area contributed by atoms with Gasteiger partial charge in [0.15, 0.2) is 6.20 Å². The summed E-state index contributed by atoms with van der Waals surface area (Å²) in [5.41, 5.74) is 7.84. The Morgan fingerprint density at radius 2 is 1.65 bits per heavy atom. The van der Waals surface area contributed by atoms with Crippen molar-refractivity contribution in [2.75, 3.05) is 0 Å². The van der Waals surface area contributed by atoms with Crippen LogP contribution in [0, 0.1) is 26.2 Å². The van der Waals surface area contributed by atoms with Crippen molar-refractivity contribution in [3.05, 3.63) is 77.0 Å². The van der Waals surface area contributed by atoms with E-state index in [2.05, 4.69) is 108 Å². The van der Waals surface area contributed by atoms with Gasteiger partial charge in [-0.1, -0.05) is 62.7 Å². The fourth-order valence-electron chi connectivity index (χ4n) is 5.90. The molecule has 0 N–H and O–H groups in total. The summed E-state index contributed by atoms with van der Waals surface area (Å²) in [6.45, 7) is 13.6. The minimum absolute atomic E-state index is 0.138. The Bertz CT molecular complexity index is 1670. The second-order valence-corrected chi connectivity index (χ2v) is 11.3. The van der Waals surface area contributed by atoms with E-state index in [0.29, 0.717) is 0 Å². The van der Waals surface area contributed by atoms with Crippen LogP contribution in [-0.2, 0) is 13.5 Å². The average molecular weight is 447 g/mol. The summed E-state index contributed by atoms with van der Waals surface area (Å²) in [7, 11) is 2.17. The third-order valence-corrected chi connectivity index (χ3v) is 7.37. The quantitative estimate of drug-likeness (QED) is 0.183. The Balaban J connectivity index is 1.84. The molecule has 0 fully saturated rings. The fraction of sp³-hybridized carbons (Fsp3) is 0.281. The van der Waals surface area contributed by atoms with E-state index < -0.39 is 0 Å². The highest BCUT2D eigenvalue weighted by Crippen LogP contribution is 2.52. The second-order valence-electron chi connectivity index (χ2n) is 11.3. The van der Waals surface area contributed by atoms with Crippen molar-refractivity contribution in [3.8, 4) is 22.8 Å². The number of aromatic nitrogens is 1. The Kier molecular flexibility index (Phi) is 4.39. The van der Waals surface area contributed by atoms with Crippen LogP contribution in [0.3, 0.4) is 0 Å². The lowest BCUT2D eigenvalue weighted by Gasteiger charge is -2.28. The Labute approximate surface area is 201 Å². The maximum Gasteiger partial charge on any atom is 0.228 e. The first-order valence-electron chi connectivity index (χ1n) is 12.2. The Morgan fingerprint density at radius 3 is 2.41 bits per heavy atom. The summed E-state index contributed by atoms with van der Waals surface area (Å²) >= 11 is 0. The van der Waals surface area contributed by atoms with Crippen LogP contribution in [0.2, 0.25) is 0 Å². The SMILES string of the molecule is Cc1ccc2c(CC(C)(C)C)c3c(c(C)c2c1)-c1c2c(cc4cccc(C)c4c2cc[n+]1C)O3. The minimum Gasteiger partial charge on any atom is -0.455 e. The Morgan fingerprint density at radius 1 is 0.853 bits per heavy atom. The van der Waals surface area contributed by atoms with Crippen LogP contribution in [0.5, 0.6) is 11.5 Å². The number of pyridine rings is 1. The highest BCUT2D eigenvalue weighted by molar-refractivity contribution is 6.17. The van der Waals surface area contributed by atoms with Gasteiger partial charge in [0.25, 0.3) is 0 Å². The van der Waals surface area contributed by atoms with E-state index in [4.69, 9.17) is 4.74 Å². The van der Waals surface area contributed by atoms with Crippen LogP contribution in [0.4, 0.5) is 0 Å². The molecule has 0 aliphatic carbocycles. The summed E-state index contributed by atoms with van der Waals surface area (Å²) in [6, 6.07) is 17.9. The van der Waals surface area contributed by atoms with Crippen molar-refractivity contribution in [1.82, 2.24) is 0 Å². The van der Waals surface area contributed by atoms with Gasteiger partial charge in [0.2, 0.25) is 5.69 Å². The summed E-state index contributed by atoms with van der Waals surface area (Å²) in [5.74, 6) is 2.00. The van der Waals surface area contributed by atoms with Gasteiger partial charge in [-0.25, -0.2) is 4.57 Å². The van der Waals surface area contributed by atoms with Gasteiger partial charge in [-0.2, -0.15) is 0 Å². The van der Waals surface area contributed by atoms with Crippen molar-refractivity contribution in [2.24, 2.45) is 12.5 Å². The predicted molar refractivity (Wildman–Crippen MR) is 143 cm³/mol. The molecule has 0 saturated carbocycles. The molecule has 170 valence electrons. The molecule has 2 nitrogen and oxygen atoms in total. The molecule has 0 atom stereocenters. The highest BCUT2D eigenvalue weighted by Gasteiger charge is 2.34. The van der Waals surface area contributed by atoms with E-state index in [0.717, 1.165) is 17.9 Å². The standard InChI is InChI=1S/C32H32NO/c1-18-11-12-22-24(15-18)20(3)28-30-29-23(13-14-33(30)7)27-19(2)9-8-10-21(27)16-26(29)34-31(28)25(22)17-32(4,5)6/h8-16H,17H2,1-7H3/q+1. The van der Waals surface area contributed by atoms with E-state index in [1.807, 2.05) is 0 Å². The van der Waals surface area contributed by atoms with Crippen molar-refractivity contribution in [3.63, 3.8) is 0 Å². The van der Waals surface area contributed by atoms with Crippen LogP contribution < -0.4 is 9.30 Å². The van der Waals surface area contributed by atoms with Crippen LogP contribution in [0.25, 0.3) is 43.6 Å². The molecule has 34 heavy (non-hydrogen) atoms. The van der Waals surface area contributed by atoms with Crippen molar-refractivity contribution >= 4 is 32.3 Å². The number of ether oxygens (including phenoxy) is 1. The van der Waals surface area contributed by atoms with Gasteiger partial charge < -0.3 is 4.74 Å². The van der Waals surface area contributed by atoms with Gasteiger partial charge in [0.05, 0.1) is 10.9 Å². The molecule has 0 amide bonds. The van der Waals surface area contributed by atoms with Crippen LogP contribution in [0.1, 0.15) is 43.0 Å². The molecule has 1 aliphatic rings. The molecule has 2 heteroatoms. The van der Waals surface area contributed by atoms with Crippen molar-refractivity contribution in [1.29, 1.82) is 0 Å². The molecule has 0 spiro atoms. The van der Waals surface area contributed by atoms with Gasteiger partial charge >= 0.3 is 0 Å². The summed E-state index contributed by atoms with van der Waals surface area (Å²) in [4.78, 5) is 0. The molecule has 1 aromatic heterocycles. The normalized spacial score (nSPS) is 12.9. The van der Waals surface area contributed by atoms with E-state index in [9.17, 15) is 0 Å². The number of nitrogens with zero attached hydrogens (tertiary/aromatic N) is 1. The number of aryl methyl sites for hydroxylation is 4. The lowest BCUT2D eigenvalue weighted by molar-refractivity contribution is -0.659. The topological polar surface area (TPSA) is 13.1 Å². The molecule has 0 radical (unpaired) electrons. The highest BCUT2D eigenvalue weighted by atomic mass is 16.5. The molecule has 5 aromatic rings. The van der Waals surface area contributed by atoms with Gasteiger partial charge in [0.1, 0.15) is 18.5 Å². The second kappa shape index (κ2) is 7.06. The van der Waals surface area contributed by atoms with Gasteiger partial charge in [-0.15, -0.1) is 0 Å². The molecule has 1 aliphatic heterocycles. The predicted octanol–water partition coefficient (Wildman–Crippen LogP) is 8.26. The lowest BCUT2D eigenvalue weighted by atomic mass is 9.81. The third-order valence-electron chi connectivity index (χ3n) is 7.37. The zero-order valence-electron chi connectivity index (χ0n) is 21.3. The zero-order valence-corrected chi connectivity index (χ0v) is 21.3. The largest absolute Gasteiger partial charge is 0.455 e. The molecule has 6 rings (SSSR count). The molecule has 4 aromatic carbocycles. The molecule has 0 unspecified atom stereocenters. The maximum absolute atomic E-state index is 6.94. The van der Waals surface area contributed by atoms with E-state index in [1.165, 1.54) is 65.8 Å². The first-order chi connectivity index (χ1) is 16.1. The molecular formula is C32H32NO+. The van der Waals surface area contributed by atoms with Crippen molar-refractivity contribution in [2.45, 2.75) is 48.0 Å². The molecular weight excluding hydrogens is 414 g/mol. The first kappa shape index (κ1) is 21.2. The number of hydrogen-bond donors (Lipinski definition) is 0. The number of fused-ring (bicyclic) bond motifs is 5. The van der Waals surface area contributed by atoms with Crippen molar-refractivity contribution < 1.29 is 9.30 Å². The molecule has 0 bridgehead atoms. The van der Waals surface area contributed by atoms with E-state index >= 15 is 0 Å². The smallest absolute Gasteiger partial charge is 0.228 e. The van der Waals surface area contributed by atoms with Gasteiger partial charge in [-0.05, 0) is 71.3 Å². The van der Waals surface area contributed by atoms with E-state index in [1.54, 1.807) is 0 Å². The number of rotatable bonds is 1. The van der Waals surface area contributed by atoms with Gasteiger partial charge in [-0.3, -0.25) is 0 Å². The van der Waals surface area contributed by atoms with Gasteiger partial charge in [0, 0.05) is 17.0 Å². The third kappa shape index (κ3) is 2.98. The summed E-state index contributed by atoms with van der Waals surface area (Å²) < 4.78 is 9.22. The zero-order chi connectivity index (χ0) is 23.9. The number of hydrogen-bond acceptors (Lipinski definition) is 1. The molecule has 0 saturated heterocycles. The Hall–Kier alpha value is -3.39. The number of benzene rings is 4. The first-order valence-corrected chi connectivity index (χ1v) is 12.2. The van der Waals surface area contributed by atoms with Crippen LogP contribution >= 0.6 is 0 Å². The van der Waals surface area contributed by atoms with Crippen LogP contribution in [0.15, 0.2) is 54.7 Å². The summed E-state index contributed by atoms with van der Waals surface area (Å²) in [6.07, 6.45) is 3.17. The maximum atomic E-state index is 6.94. The fourth-order valence-corrected chi connectivity index (χ4v) is 5.90. The van der Waals surface area contributed by atoms with Crippen LogP contribution in [-0.4, -0.2) is 0 Å². The average Bonchev–Trinajstić information content (AvgIpc) is 2.77. The molecule has 2 heterocycles. The minimum atomic E-state index is 0.138.